The summed E-state index contributed by atoms with van der Waals surface area (Å²) in [6.45, 7) is 0.356. The highest BCUT2D eigenvalue weighted by Gasteiger charge is 2.28. The topological polar surface area (TPSA) is 80.5 Å². The van der Waals surface area contributed by atoms with Crippen LogP contribution in [0.4, 0.5) is 4.39 Å². The van der Waals surface area contributed by atoms with Gasteiger partial charge in [-0.15, -0.1) is 0 Å². The van der Waals surface area contributed by atoms with E-state index in [9.17, 15) is 17.6 Å². The molecule has 0 fully saturated rings. The van der Waals surface area contributed by atoms with E-state index in [-0.39, 0.29) is 16.6 Å². The fraction of sp³-hybridized carbons (Fsp3) is 0.0800. The zero-order valence-corrected chi connectivity index (χ0v) is 19.0. The Morgan fingerprint density at radius 1 is 0.939 bits per heavy atom. The molecule has 0 bridgehead atoms. The quantitative estimate of drug-likeness (QED) is 0.520. The number of sulfonamides is 1. The van der Waals surface area contributed by atoms with Gasteiger partial charge in [0.25, 0.3) is 5.91 Å². The second kappa shape index (κ2) is 9.31. The van der Waals surface area contributed by atoms with Gasteiger partial charge >= 0.3 is 0 Å². The average Bonchev–Trinajstić information content (AvgIpc) is 3.09. The van der Waals surface area contributed by atoms with Gasteiger partial charge in [-0.2, -0.15) is 0 Å². The first-order chi connectivity index (χ1) is 15.7. The summed E-state index contributed by atoms with van der Waals surface area (Å²) >= 11 is 5.95. The summed E-state index contributed by atoms with van der Waals surface area (Å²) in [4.78, 5) is 14.9. The number of carbonyl (C=O) groups is 1. The Labute approximate surface area is 196 Å². The Morgan fingerprint density at radius 3 is 2.18 bits per heavy atom. The predicted molar refractivity (Wildman–Crippen MR) is 127 cm³/mol. The molecule has 33 heavy (non-hydrogen) atoms. The molecule has 3 aromatic carbocycles. The molecule has 1 aliphatic rings. The molecule has 1 aliphatic heterocycles. The van der Waals surface area contributed by atoms with E-state index in [1.54, 1.807) is 53.5 Å². The maximum absolute atomic E-state index is 13.5. The van der Waals surface area contributed by atoms with Crippen molar-refractivity contribution in [1.29, 1.82) is 0 Å². The van der Waals surface area contributed by atoms with Gasteiger partial charge in [0.1, 0.15) is 5.82 Å². The number of benzene rings is 3. The Morgan fingerprint density at radius 2 is 1.58 bits per heavy atom. The molecule has 0 saturated carbocycles. The van der Waals surface area contributed by atoms with Gasteiger partial charge in [-0.05, 0) is 83.8 Å². The third kappa shape index (κ3) is 5.39. The highest BCUT2D eigenvalue weighted by Crippen LogP contribution is 2.31. The van der Waals surface area contributed by atoms with Crippen LogP contribution in [0, 0.1) is 5.82 Å². The molecular formula is C25H20ClFN2O3S. The van der Waals surface area contributed by atoms with Crippen molar-refractivity contribution in [3.8, 4) is 0 Å². The lowest BCUT2D eigenvalue weighted by atomic mass is 10.1. The molecule has 8 heteroatoms. The minimum Gasteiger partial charge on any atom is -0.307 e. The highest BCUT2D eigenvalue weighted by molar-refractivity contribution is 7.89. The first kappa shape index (κ1) is 22.9. The Kier molecular flexibility index (Phi) is 6.47. The molecule has 1 heterocycles. The summed E-state index contributed by atoms with van der Waals surface area (Å²) in [6, 6.07) is 19.4. The molecule has 0 unspecified atom stereocenters. The maximum atomic E-state index is 13.5. The summed E-state index contributed by atoms with van der Waals surface area (Å²) < 4.78 is 36.4. The third-order valence-electron chi connectivity index (χ3n) is 5.28. The minimum atomic E-state index is -3.77. The second-order valence-electron chi connectivity index (χ2n) is 7.58. The maximum Gasteiger partial charge on any atom is 0.258 e. The monoisotopic (exact) mass is 482 g/mol. The smallest absolute Gasteiger partial charge is 0.258 e. The fourth-order valence-electron chi connectivity index (χ4n) is 3.56. The average molecular weight is 483 g/mol. The Balaban J connectivity index is 1.62. The first-order valence-electron chi connectivity index (χ1n) is 10.1. The normalized spacial score (nSPS) is 15.2. The number of nitrogens with two attached hydrogens (primary N) is 1. The molecule has 0 aliphatic carbocycles. The zero-order chi connectivity index (χ0) is 23.6. The Bertz CT molecular complexity index is 1350. The molecule has 2 N–H and O–H groups in total. The molecule has 3 aromatic rings. The van der Waals surface area contributed by atoms with Gasteiger partial charge in [0.2, 0.25) is 10.0 Å². The molecule has 168 valence electrons. The summed E-state index contributed by atoms with van der Waals surface area (Å²) in [7, 11) is -3.77. The molecule has 0 spiro atoms. The van der Waals surface area contributed by atoms with Crippen LogP contribution in [0.1, 0.15) is 16.7 Å². The van der Waals surface area contributed by atoms with Crippen molar-refractivity contribution >= 4 is 39.3 Å². The van der Waals surface area contributed by atoms with E-state index in [0.29, 0.717) is 34.8 Å². The lowest BCUT2D eigenvalue weighted by molar-refractivity contribution is -0.122. The van der Waals surface area contributed by atoms with Crippen LogP contribution in [-0.2, 0) is 21.2 Å². The SMILES string of the molecule is NS(=O)(=O)c1ccc(CCN2C(=O)/C(=C\c3ccc(Cl)cc3)C=C2c2ccc(F)cc2)cc1. The molecule has 0 radical (unpaired) electrons. The molecule has 1 amide bonds. The van der Waals surface area contributed by atoms with Gasteiger partial charge in [-0.1, -0.05) is 35.9 Å². The molecule has 0 aromatic heterocycles. The van der Waals surface area contributed by atoms with Crippen LogP contribution in [0.15, 0.2) is 89.3 Å². The molecular weight excluding hydrogens is 463 g/mol. The predicted octanol–water partition coefficient (Wildman–Crippen LogP) is 4.64. The lowest BCUT2D eigenvalue weighted by Gasteiger charge is -2.21. The van der Waals surface area contributed by atoms with E-state index in [2.05, 4.69) is 0 Å². The zero-order valence-electron chi connectivity index (χ0n) is 17.4. The number of hydrogen-bond donors (Lipinski definition) is 1. The van der Waals surface area contributed by atoms with Gasteiger partial charge in [0.15, 0.2) is 0 Å². The number of nitrogens with zero attached hydrogens (tertiary/aromatic N) is 1. The van der Waals surface area contributed by atoms with Gasteiger partial charge in [0, 0.05) is 17.1 Å². The number of amides is 1. The van der Waals surface area contributed by atoms with Crippen molar-refractivity contribution in [3.63, 3.8) is 0 Å². The number of carbonyl (C=O) groups excluding carboxylic acids is 1. The van der Waals surface area contributed by atoms with Crippen LogP contribution in [0.2, 0.25) is 5.02 Å². The summed E-state index contributed by atoms with van der Waals surface area (Å²) in [5.74, 6) is -0.535. The van der Waals surface area contributed by atoms with E-state index in [1.165, 1.54) is 24.3 Å². The van der Waals surface area contributed by atoms with Crippen molar-refractivity contribution in [3.05, 3.63) is 112 Å². The molecule has 0 saturated heterocycles. The van der Waals surface area contributed by atoms with E-state index in [4.69, 9.17) is 16.7 Å². The third-order valence-corrected chi connectivity index (χ3v) is 6.46. The summed E-state index contributed by atoms with van der Waals surface area (Å²) in [6.07, 6.45) is 4.06. The van der Waals surface area contributed by atoms with Crippen molar-refractivity contribution in [1.82, 2.24) is 4.90 Å². The number of primary sulfonamides is 1. The standard InChI is InChI=1S/C25H20ClFN2O3S/c26-21-7-1-18(2-8-21)15-20-16-24(19-5-9-22(27)10-6-19)29(25(20)30)14-13-17-3-11-23(12-4-17)33(28,31)32/h1-12,15-16H,13-14H2,(H2,28,31,32)/b20-15-. The highest BCUT2D eigenvalue weighted by atomic mass is 35.5. The lowest BCUT2D eigenvalue weighted by Crippen LogP contribution is -2.27. The van der Waals surface area contributed by atoms with Crippen LogP contribution in [0.3, 0.4) is 0 Å². The fourth-order valence-corrected chi connectivity index (χ4v) is 4.20. The second-order valence-corrected chi connectivity index (χ2v) is 9.58. The molecule has 4 rings (SSSR count). The molecule has 0 atom stereocenters. The van der Waals surface area contributed by atoms with E-state index in [1.807, 2.05) is 12.1 Å². The summed E-state index contributed by atoms with van der Waals surface area (Å²) in [5, 5.41) is 5.75. The van der Waals surface area contributed by atoms with Crippen LogP contribution < -0.4 is 5.14 Å². The van der Waals surface area contributed by atoms with E-state index >= 15 is 0 Å². The summed E-state index contributed by atoms with van der Waals surface area (Å²) in [5.41, 5.74) is 3.57. The van der Waals surface area contributed by atoms with Crippen LogP contribution >= 0.6 is 11.6 Å². The van der Waals surface area contributed by atoms with Crippen LogP contribution in [-0.4, -0.2) is 25.8 Å². The van der Waals surface area contributed by atoms with Gasteiger partial charge < -0.3 is 4.90 Å². The van der Waals surface area contributed by atoms with Crippen molar-refractivity contribution in [2.75, 3.05) is 6.54 Å². The van der Waals surface area contributed by atoms with Gasteiger partial charge in [-0.3, -0.25) is 4.79 Å². The van der Waals surface area contributed by atoms with E-state index in [0.717, 1.165) is 11.1 Å². The Hall–Kier alpha value is -3.26. The number of rotatable bonds is 6. The number of hydrogen-bond acceptors (Lipinski definition) is 3. The minimum absolute atomic E-state index is 0.0311. The van der Waals surface area contributed by atoms with E-state index < -0.39 is 10.0 Å². The van der Waals surface area contributed by atoms with Crippen LogP contribution in [0.5, 0.6) is 0 Å². The van der Waals surface area contributed by atoms with Crippen LogP contribution in [0.25, 0.3) is 11.8 Å². The largest absolute Gasteiger partial charge is 0.307 e. The van der Waals surface area contributed by atoms with Gasteiger partial charge in [-0.25, -0.2) is 17.9 Å². The van der Waals surface area contributed by atoms with Crippen molar-refractivity contribution in [2.45, 2.75) is 11.3 Å². The van der Waals surface area contributed by atoms with Gasteiger partial charge in [0.05, 0.1) is 10.6 Å². The van der Waals surface area contributed by atoms with Crippen molar-refractivity contribution < 1.29 is 17.6 Å². The van der Waals surface area contributed by atoms with Crippen molar-refractivity contribution in [2.24, 2.45) is 5.14 Å². The molecule has 5 nitrogen and oxygen atoms in total. The number of halogens is 2. The first-order valence-corrected chi connectivity index (χ1v) is 12.0.